The lowest BCUT2D eigenvalue weighted by atomic mass is 10.0. The Hall–Kier alpha value is -1.10. The standard InChI is InChI=1S/C15H24N2O2/c1-12-9-13(3-4-15(12)18-2)10-14(16)11-17-5-7-19-8-6-17/h3-4,9,14H,5-8,10-11,16H2,1-2H3. The summed E-state index contributed by atoms with van der Waals surface area (Å²) in [5.74, 6) is 0.936. The molecule has 0 saturated carbocycles. The average Bonchev–Trinajstić information content (AvgIpc) is 2.40. The van der Waals surface area contributed by atoms with Crippen LogP contribution in [0.4, 0.5) is 0 Å². The van der Waals surface area contributed by atoms with Gasteiger partial charge in [-0.05, 0) is 30.5 Å². The summed E-state index contributed by atoms with van der Waals surface area (Å²) in [6.07, 6.45) is 0.905. The lowest BCUT2D eigenvalue weighted by Gasteiger charge is -2.29. The van der Waals surface area contributed by atoms with Gasteiger partial charge in [-0.2, -0.15) is 0 Å². The molecule has 4 nitrogen and oxygen atoms in total. The maximum atomic E-state index is 6.24. The van der Waals surface area contributed by atoms with Gasteiger partial charge in [0.15, 0.2) is 0 Å². The molecular weight excluding hydrogens is 240 g/mol. The highest BCUT2D eigenvalue weighted by molar-refractivity contribution is 5.36. The second kappa shape index (κ2) is 6.89. The first-order valence-corrected chi connectivity index (χ1v) is 6.88. The molecule has 0 aromatic heterocycles. The van der Waals surface area contributed by atoms with Crippen molar-refractivity contribution < 1.29 is 9.47 Å². The number of nitrogens with two attached hydrogens (primary N) is 1. The monoisotopic (exact) mass is 264 g/mol. The van der Waals surface area contributed by atoms with Gasteiger partial charge in [0, 0.05) is 25.7 Å². The molecule has 0 radical (unpaired) electrons. The van der Waals surface area contributed by atoms with Gasteiger partial charge in [-0.1, -0.05) is 12.1 Å². The third-order valence-corrected chi connectivity index (χ3v) is 3.55. The van der Waals surface area contributed by atoms with Gasteiger partial charge >= 0.3 is 0 Å². The van der Waals surface area contributed by atoms with Crippen molar-refractivity contribution in [1.29, 1.82) is 0 Å². The summed E-state index contributed by atoms with van der Waals surface area (Å²) in [5, 5.41) is 0. The Balaban J connectivity index is 1.87. The Morgan fingerprint density at radius 1 is 1.37 bits per heavy atom. The fourth-order valence-electron chi connectivity index (χ4n) is 2.55. The zero-order valence-electron chi connectivity index (χ0n) is 11.9. The number of aryl methyl sites for hydroxylation is 1. The molecule has 1 unspecified atom stereocenters. The number of hydrogen-bond donors (Lipinski definition) is 1. The van der Waals surface area contributed by atoms with Crippen molar-refractivity contribution >= 4 is 0 Å². The Morgan fingerprint density at radius 3 is 2.74 bits per heavy atom. The average molecular weight is 264 g/mol. The predicted octanol–water partition coefficient (Wildman–Crippen LogP) is 1.21. The van der Waals surface area contributed by atoms with E-state index in [1.165, 1.54) is 11.1 Å². The van der Waals surface area contributed by atoms with Crippen molar-refractivity contribution in [2.45, 2.75) is 19.4 Å². The van der Waals surface area contributed by atoms with Crippen LogP contribution in [0.1, 0.15) is 11.1 Å². The van der Waals surface area contributed by atoms with Crippen molar-refractivity contribution in [3.63, 3.8) is 0 Å². The van der Waals surface area contributed by atoms with Crippen LogP contribution in [0.2, 0.25) is 0 Å². The van der Waals surface area contributed by atoms with Crippen LogP contribution in [0, 0.1) is 6.92 Å². The van der Waals surface area contributed by atoms with E-state index in [0.717, 1.165) is 45.0 Å². The highest BCUT2D eigenvalue weighted by Gasteiger charge is 2.14. The third kappa shape index (κ3) is 4.20. The molecule has 2 N–H and O–H groups in total. The smallest absolute Gasteiger partial charge is 0.121 e. The number of benzene rings is 1. The lowest BCUT2D eigenvalue weighted by Crippen LogP contribution is -2.44. The minimum Gasteiger partial charge on any atom is -0.496 e. The summed E-state index contributed by atoms with van der Waals surface area (Å²) in [7, 11) is 1.70. The highest BCUT2D eigenvalue weighted by atomic mass is 16.5. The Morgan fingerprint density at radius 2 is 2.11 bits per heavy atom. The topological polar surface area (TPSA) is 47.7 Å². The zero-order chi connectivity index (χ0) is 13.7. The van der Waals surface area contributed by atoms with Gasteiger partial charge in [-0.3, -0.25) is 4.90 Å². The fraction of sp³-hybridized carbons (Fsp3) is 0.600. The normalized spacial score (nSPS) is 18.3. The van der Waals surface area contributed by atoms with Gasteiger partial charge in [-0.15, -0.1) is 0 Å². The molecule has 1 atom stereocenters. The number of ether oxygens (including phenoxy) is 2. The van der Waals surface area contributed by atoms with Crippen molar-refractivity contribution in [2.75, 3.05) is 40.0 Å². The minimum atomic E-state index is 0.172. The van der Waals surface area contributed by atoms with Crippen LogP contribution >= 0.6 is 0 Å². The molecule has 1 fully saturated rings. The van der Waals surface area contributed by atoms with Crippen LogP contribution in [0.5, 0.6) is 5.75 Å². The fourth-order valence-corrected chi connectivity index (χ4v) is 2.55. The van der Waals surface area contributed by atoms with Crippen LogP contribution < -0.4 is 10.5 Å². The molecule has 1 aromatic carbocycles. The van der Waals surface area contributed by atoms with Crippen LogP contribution in [0.15, 0.2) is 18.2 Å². The van der Waals surface area contributed by atoms with Crippen LogP contribution in [0.3, 0.4) is 0 Å². The molecule has 1 saturated heterocycles. The largest absolute Gasteiger partial charge is 0.496 e. The first-order chi connectivity index (χ1) is 9.19. The molecule has 106 valence electrons. The second-order valence-corrected chi connectivity index (χ2v) is 5.18. The lowest BCUT2D eigenvalue weighted by molar-refractivity contribution is 0.0353. The molecule has 1 aliphatic heterocycles. The third-order valence-electron chi connectivity index (χ3n) is 3.55. The maximum Gasteiger partial charge on any atom is 0.121 e. The molecule has 4 heteroatoms. The van der Waals surface area contributed by atoms with E-state index >= 15 is 0 Å². The number of nitrogens with zero attached hydrogens (tertiary/aromatic N) is 1. The molecule has 1 aromatic rings. The van der Waals surface area contributed by atoms with Crippen LogP contribution in [0.25, 0.3) is 0 Å². The summed E-state index contributed by atoms with van der Waals surface area (Å²) in [6, 6.07) is 6.46. The van der Waals surface area contributed by atoms with Crippen molar-refractivity contribution in [1.82, 2.24) is 4.90 Å². The Bertz CT molecular complexity index is 403. The van der Waals surface area contributed by atoms with E-state index in [0.29, 0.717) is 0 Å². The Labute approximate surface area is 115 Å². The van der Waals surface area contributed by atoms with E-state index < -0.39 is 0 Å². The van der Waals surface area contributed by atoms with E-state index in [-0.39, 0.29) is 6.04 Å². The number of methoxy groups -OCH3 is 1. The van der Waals surface area contributed by atoms with E-state index in [9.17, 15) is 0 Å². The summed E-state index contributed by atoms with van der Waals surface area (Å²) >= 11 is 0. The summed E-state index contributed by atoms with van der Waals surface area (Å²) in [5.41, 5.74) is 8.69. The minimum absolute atomic E-state index is 0.172. The van der Waals surface area contributed by atoms with Gasteiger partial charge in [0.25, 0.3) is 0 Å². The van der Waals surface area contributed by atoms with E-state index in [4.69, 9.17) is 15.2 Å². The molecule has 2 rings (SSSR count). The van der Waals surface area contributed by atoms with E-state index in [1.807, 2.05) is 6.07 Å². The molecular formula is C15H24N2O2. The van der Waals surface area contributed by atoms with Crippen LogP contribution in [-0.2, 0) is 11.2 Å². The zero-order valence-corrected chi connectivity index (χ0v) is 11.9. The highest BCUT2D eigenvalue weighted by Crippen LogP contribution is 2.19. The SMILES string of the molecule is COc1ccc(CC(N)CN2CCOCC2)cc1C. The van der Waals surface area contributed by atoms with Crippen molar-refractivity contribution in [2.24, 2.45) is 5.73 Å². The molecule has 1 aliphatic rings. The quantitative estimate of drug-likeness (QED) is 0.868. The molecule has 0 bridgehead atoms. The molecule has 1 heterocycles. The van der Waals surface area contributed by atoms with Gasteiger partial charge < -0.3 is 15.2 Å². The number of morpholine rings is 1. The van der Waals surface area contributed by atoms with Gasteiger partial charge in [0.1, 0.15) is 5.75 Å². The predicted molar refractivity (Wildman–Crippen MR) is 76.7 cm³/mol. The number of hydrogen-bond acceptors (Lipinski definition) is 4. The Kier molecular flexibility index (Phi) is 5.19. The van der Waals surface area contributed by atoms with Gasteiger partial charge in [0.05, 0.1) is 20.3 Å². The van der Waals surface area contributed by atoms with Gasteiger partial charge in [0.2, 0.25) is 0 Å². The second-order valence-electron chi connectivity index (χ2n) is 5.18. The summed E-state index contributed by atoms with van der Waals surface area (Å²) in [6.45, 7) is 6.65. The summed E-state index contributed by atoms with van der Waals surface area (Å²) in [4.78, 5) is 2.38. The van der Waals surface area contributed by atoms with E-state index in [1.54, 1.807) is 7.11 Å². The van der Waals surface area contributed by atoms with Gasteiger partial charge in [-0.25, -0.2) is 0 Å². The molecule has 0 amide bonds. The first-order valence-electron chi connectivity index (χ1n) is 6.88. The summed E-state index contributed by atoms with van der Waals surface area (Å²) < 4.78 is 10.6. The van der Waals surface area contributed by atoms with Crippen molar-refractivity contribution in [3.05, 3.63) is 29.3 Å². The van der Waals surface area contributed by atoms with Crippen molar-refractivity contribution in [3.8, 4) is 5.75 Å². The number of rotatable bonds is 5. The van der Waals surface area contributed by atoms with E-state index in [2.05, 4.69) is 24.0 Å². The first kappa shape index (κ1) is 14.3. The molecule has 0 aliphatic carbocycles. The molecule has 0 spiro atoms. The molecule has 19 heavy (non-hydrogen) atoms. The van der Waals surface area contributed by atoms with Crippen LogP contribution in [-0.4, -0.2) is 50.9 Å². The maximum absolute atomic E-state index is 6.24.